The van der Waals surface area contributed by atoms with E-state index in [-0.39, 0.29) is 0 Å². The number of anilines is 4. The first-order valence-corrected chi connectivity index (χ1v) is 9.02. The van der Waals surface area contributed by atoms with Crippen LogP contribution >= 0.6 is 23.8 Å². The molecule has 0 aliphatic carbocycles. The predicted molar refractivity (Wildman–Crippen MR) is 116 cm³/mol. The minimum Gasteiger partial charge on any atom is -0.497 e. The summed E-state index contributed by atoms with van der Waals surface area (Å²) in [7, 11) is 3.20. The molecule has 0 atom stereocenters. The smallest absolute Gasteiger partial charge is 0.175 e. The van der Waals surface area contributed by atoms with Crippen molar-refractivity contribution >= 4 is 51.8 Å². The first kappa shape index (κ1) is 19.7. The Morgan fingerprint density at radius 1 is 0.893 bits per heavy atom. The summed E-state index contributed by atoms with van der Waals surface area (Å²) in [6.07, 6.45) is 0. The summed E-state index contributed by atoms with van der Waals surface area (Å²) in [4.78, 5) is 0. The summed E-state index contributed by atoms with van der Waals surface area (Å²) in [6, 6.07) is 16.4. The molecule has 0 unspecified atom stereocenters. The molecule has 0 saturated heterocycles. The van der Waals surface area contributed by atoms with E-state index in [1.54, 1.807) is 26.4 Å². The van der Waals surface area contributed by atoms with Gasteiger partial charge in [-0.1, -0.05) is 11.6 Å². The number of thiocarbonyl (C=S) groups is 1. The molecule has 3 rings (SSSR count). The normalized spacial score (nSPS) is 10.1. The van der Waals surface area contributed by atoms with Crippen LogP contribution in [0.5, 0.6) is 11.5 Å². The molecule has 1 heterocycles. The molecule has 0 fully saturated rings. The van der Waals surface area contributed by atoms with E-state index >= 15 is 0 Å². The molecule has 0 bridgehead atoms. The van der Waals surface area contributed by atoms with Gasteiger partial charge in [0.05, 0.1) is 19.9 Å². The molecule has 9 heteroatoms. The predicted octanol–water partition coefficient (Wildman–Crippen LogP) is 4.70. The van der Waals surface area contributed by atoms with Crippen LogP contribution < -0.4 is 25.4 Å². The van der Waals surface area contributed by atoms with Gasteiger partial charge >= 0.3 is 0 Å². The van der Waals surface area contributed by atoms with E-state index < -0.39 is 0 Å². The fourth-order valence-electron chi connectivity index (χ4n) is 2.36. The van der Waals surface area contributed by atoms with E-state index in [9.17, 15) is 0 Å². The molecule has 0 aliphatic rings. The number of rotatable bonds is 6. The number of methoxy groups -OCH3 is 2. The number of hydrogen-bond donors (Lipinski definition) is 3. The number of hydrogen-bond acceptors (Lipinski definition) is 6. The van der Waals surface area contributed by atoms with E-state index in [1.165, 1.54) is 0 Å². The van der Waals surface area contributed by atoms with Gasteiger partial charge in [0.1, 0.15) is 11.5 Å². The zero-order valence-corrected chi connectivity index (χ0v) is 16.8. The molecule has 0 radical (unpaired) electrons. The van der Waals surface area contributed by atoms with Gasteiger partial charge in [0.2, 0.25) is 0 Å². The van der Waals surface area contributed by atoms with Crippen molar-refractivity contribution in [3.63, 3.8) is 0 Å². The summed E-state index contributed by atoms with van der Waals surface area (Å²) < 4.78 is 10.6. The van der Waals surface area contributed by atoms with E-state index in [0.29, 0.717) is 33.3 Å². The van der Waals surface area contributed by atoms with Gasteiger partial charge in [-0.15, -0.1) is 10.2 Å². The Bertz CT molecular complexity index is 952. The van der Waals surface area contributed by atoms with Crippen LogP contribution in [-0.4, -0.2) is 29.5 Å². The Morgan fingerprint density at radius 3 is 2.29 bits per heavy atom. The van der Waals surface area contributed by atoms with Crippen molar-refractivity contribution < 1.29 is 9.47 Å². The molecule has 1 aromatic heterocycles. The molecule has 28 heavy (non-hydrogen) atoms. The highest BCUT2D eigenvalue weighted by Crippen LogP contribution is 2.29. The second-order valence-corrected chi connectivity index (χ2v) is 6.38. The molecule has 2 aromatic carbocycles. The van der Waals surface area contributed by atoms with Crippen molar-refractivity contribution in [2.75, 3.05) is 30.2 Å². The average Bonchev–Trinajstić information content (AvgIpc) is 2.71. The average molecular weight is 416 g/mol. The summed E-state index contributed by atoms with van der Waals surface area (Å²) >= 11 is 11.1. The minimum atomic E-state index is 0.346. The number of benzene rings is 2. The van der Waals surface area contributed by atoms with Gasteiger partial charge in [0.25, 0.3) is 0 Å². The topological polar surface area (TPSA) is 80.3 Å². The lowest BCUT2D eigenvalue weighted by molar-refractivity contribution is 0.405. The van der Waals surface area contributed by atoms with Crippen LogP contribution in [0.3, 0.4) is 0 Å². The fraction of sp³-hybridized carbons (Fsp3) is 0.105. The fourth-order valence-corrected chi connectivity index (χ4v) is 2.69. The minimum absolute atomic E-state index is 0.346. The van der Waals surface area contributed by atoms with Crippen LogP contribution in [0.2, 0.25) is 5.15 Å². The summed E-state index contributed by atoms with van der Waals surface area (Å²) in [5, 5.41) is 17.9. The van der Waals surface area contributed by atoms with E-state index in [2.05, 4.69) is 26.1 Å². The van der Waals surface area contributed by atoms with Crippen molar-refractivity contribution in [3.05, 3.63) is 59.8 Å². The third-order valence-corrected chi connectivity index (χ3v) is 4.11. The van der Waals surface area contributed by atoms with E-state index in [0.717, 1.165) is 11.4 Å². The van der Waals surface area contributed by atoms with Crippen molar-refractivity contribution in [3.8, 4) is 11.5 Å². The van der Waals surface area contributed by atoms with Gasteiger partial charge in [-0.2, -0.15) is 0 Å². The monoisotopic (exact) mass is 415 g/mol. The molecular weight excluding hydrogens is 398 g/mol. The van der Waals surface area contributed by atoms with Gasteiger partial charge < -0.3 is 25.4 Å². The summed E-state index contributed by atoms with van der Waals surface area (Å²) in [5.41, 5.74) is 2.39. The van der Waals surface area contributed by atoms with Crippen molar-refractivity contribution in [2.45, 2.75) is 0 Å². The maximum atomic E-state index is 5.74. The number of aromatic nitrogens is 2. The van der Waals surface area contributed by atoms with Crippen molar-refractivity contribution in [2.24, 2.45) is 0 Å². The molecule has 7 nitrogen and oxygen atoms in total. The lowest BCUT2D eigenvalue weighted by Crippen LogP contribution is -2.19. The molecule has 0 saturated carbocycles. The Balaban J connectivity index is 1.62. The first-order valence-electron chi connectivity index (χ1n) is 8.24. The quantitative estimate of drug-likeness (QED) is 0.500. The van der Waals surface area contributed by atoms with E-state index in [1.807, 2.05) is 42.5 Å². The van der Waals surface area contributed by atoms with Crippen molar-refractivity contribution in [1.82, 2.24) is 10.2 Å². The van der Waals surface area contributed by atoms with Crippen LogP contribution in [0.4, 0.5) is 22.9 Å². The Hall–Kier alpha value is -3.10. The second kappa shape index (κ2) is 9.20. The third kappa shape index (κ3) is 5.21. The Kier molecular flexibility index (Phi) is 6.46. The van der Waals surface area contributed by atoms with Gasteiger partial charge in [0.15, 0.2) is 16.1 Å². The molecule has 3 N–H and O–H groups in total. The molecule has 0 aliphatic heterocycles. The molecule has 0 amide bonds. The Morgan fingerprint density at radius 2 is 1.64 bits per heavy atom. The lowest BCUT2D eigenvalue weighted by atomic mass is 10.2. The third-order valence-electron chi connectivity index (χ3n) is 3.70. The maximum absolute atomic E-state index is 5.74. The van der Waals surface area contributed by atoms with E-state index in [4.69, 9.17) is 33.3 Å². The standard InChI is InChI=1S/C19H18ClN5O2S/c1-26-14-7-8-16(27-2)15(11-14)23-19(28)22-13-5-3-12(4-6-13)21-18-10-9-17(20)24-25-18/h3-11H,1-2H3,(H,21,25)(H2,22,23,28). The van der Waals surface area contributed by atoms with Gasteiger partial charge in [-0.3, -0.25) is 0 Å². The summed E-state index contributed by atoms with van der Waals surface area (Å²) in [5.74, 6) is 1.97. The molecule has 3 aromatic rings. The zero-order chi connectivity index (χ0) is 19.9. The Labute approximate surface area is 173 Å². The first-order chi connectivity index (χ1) is 13.6. The maximum Gasteiger partial charge on any atom is 0.175 e. The van der Waals surface area contributed by atoms with Crippen LogP contribution in [-0.2, 0) is 0 Å². The number of nitrogens with one attached hydrogen (secondary N) is 3. The number of nitrogens with zero attached hydrogens (tertiary/aromatic N) is 2. The summed E-state index contributed by atoms with van der Waals surface area (Å²) in [6.45, 7) is 0. The van der Waals surface area contributed by atoms with Crippen LogP contribution in [0.1, 0.15) is 0 Å². The second-order valence-electron chi connectivity index (χ2n) is 5.59. The van der Waals surface area contributed by atoms with Crippen LogP contribution in [0.15, 0.2) is 54.6 Å². The number of ether oxygens (including phenoxy) is 2. The lowest BCUT2D eigenvalue weighted by Gasteiger charge is -2.15. The van der Waals surface area contributed by atoms with Gasteiger partial charge in [0, 0.05) is 17.4 Å². The largest absolute Gasteiger partial charge is 0.497 e. The molecule has 144 valence electrons. The van der Waals surface area contributed by atoms with Gasteiger partial charge in [-0.25, -0.2) is 0 Å². The number of halogens is 1. The highest BCUT2D eigenvalue weighted by Gasteiger charge is 2.07. The van der Waals surface area contributed by atoms with Crippen molar-refractivity contribution in [1.29, 1.82) is 0 Å². The SMILES string of the molecule is COc1ccc(OC)c(NC(=S)Nc2ccc(Nc3ccc(Cl)nn3)cc2)c1. The highest BCUT2D eigenvalue weighted by molar-refractivity contribution is 7.80. The van der Waals surface area contributed by atoms with Gasteiger partial charge in [-0.05, 0) is 60.7 Å². The molecule has 0 spiro atoms. The zero-order valence-electron chi connectivity index (χ0n) is 15.2. The van der Waals surface area contributed by atoms with Crippen LogP contribution in [0, 0.1) is 0 Å². The highest BCUT2D eigenvalue weighted by atomic mass is 35.5. The molecular formula is C19H18ClN5O2S. The van der Waals surface area contributed by atoms with Crippen LogP contribution in [0.25, 0.3) is 0 Å².